The van der Waals surface area contributed by atoms with Crippen molar-refractivity contribution in [2.24, 2.45) is 0 Å². The van der Waals surface area contributed by atoms with E-state index < -0.39 is 0 Å². The van der Waals surface area contributed by atoms with Crippen LogP contribution in [0.5, 0.6) is 5.75 Å². The molecule has 132 valence electrons. The zero-order valence-corrected chi connectivity index (χ0v) is 15.1. The molecule has 2 aromatic carbocycles. The van der Waals surface area contributed by atoms with Gasteiger partial charge >= 0.3 is 0 Å². The smallest absolute Gasteiger partial charge is 0.253 e. The summed E-state index contributed by atoms with van der Waals surface area (Å²) in [5.41, 5.74) is 3.26. The number of carbonyl (C=O) groups excluding carboxylic acids is 1. The van der Waals surface area contributed by atoms with Crippen LogP contribution in [0.2, 0.25) is 0 Å². The van der Waals surface area contributed by atoms with Gasteiger partial charge in [0, 0.05) is 37.4 Å². The van der Waals surface area contributed by atoms with Crippen molar-refractivity contribution in [3.8, 4) is 5.75 Å². The minimum atomic E-state index is 0.137. The molecule has 2 aromatic rings. The Morgan fingerprint density at radius 2 is 1.60 bits per heavy atom. The van der Waals surface area contributed by atoms with E-state index in [4.69, 9.17) is 4.74 Å². The Morgan fingerprint density at radius 1 is 0.960 bits per heavy atom. The lowest BCUT2D eigenvalue weighted by atomic mass is 10.1. The van der Waals surface area contributed by atoms with E-state index in [0.29, 0.717) is 0 Å². The molecule has 1 aliphatic heterocycles. The zero-order chi connectivity index (χ0) is 17.6. The molecule has 3 rings (SSSR count). The molecule has 1 fully saturated rings. The highest BCUT2D eigenvalue weighted by molar-refractivity contribution is 5.94. The number of nitrogens with zero attached hydrogens (tertiary/aromatic N) is 2. The highest BCUT2D eigenvalue weighted by Crippen LogP contribution is 2.21. The number of amides is 1. The molecule has 4 nitrogen and oxygen atoms in total. The number of carbonyl (C=O) groups is 1. The summed E-state index contributed by atoms with van der Waals surface area (Å²) in [4.78, 5) is 17.0. The van der Waals surface area contributed by atoms with Crippen LogP contribution in [0.15, 0.2) is 48.5 Å². The van der Waals surface area contributed by atoms with Crippen LogP contribution in [0, 0.1) is 0 Å². The molecule has 0 unspecified atom stereocenters. The Labute approximate surface area is 150 Å². The van der Waals surface area contributed by atoms with E-state index >= 15 is 0 Å². The average molecular weight is 338 g/mol. The van der Waals surface area contributed by atoms with Crippen molar-refractivity contribution in [1.29, 1.82) is 0 Å². The molecule has 1 heterocycles. The van der Waals surface area contributed by atoms with Gasteiger partial charge in [-0.3, -0.25) is 4.79 Å². The largest absolute Gasteiger partial charge is 0.497 e. The summed E-state index contributed by atoms with van der Waals surface area (Å²) < 4.78 is 5.21. The topological polar surface area (TPSA) is 32.8 Å². The van der Waals surface area contributed by atoms with E-state index in [1.54, 1.807) is 7.11 Å². The fraction of sp³-hybridized carbons (Fsp3) is 0.381. The number of anilines is 1. The van der Waals surface area contributed by atoms with E-state index in [1.165, 1.54) is 11.3 Å². The minimum Gasteiger partial charge on any atom is -0.497 e. The first-order valence-electron chi connectivity index (χ1n) is 8.98. The van der Waals surface area contributed by atoms with Crippen LogP contribution in [0.4, 0.5) is 5.69 Å². The normalized spacial score (nSPS) is 14.5. The van der Waals surface area contributed by atoms with E-state index in [0.717, 1.165) is 50.3 Å². The van der Waals surface area contributed by atoms with Gasteiger partial charge < -0.3 is 14.5 Å². The number of piperazine rings is 1. The molecule has 0 aliphatic carbocycles. The summed E-state index contributed by atoms with van der Waals surface area (Å²) in [5.74, 6) is 1.00. The maximum absolute atomic E-state index is 12.7. The van der Waals surface area contributed by atoms with Crippen LogP contribution < -0.4 is 9.64 Å². The first-order chi connectivity index (χ1) is 12.2. The molecule has 25 heavy (non-hydrogen) atoms. The maximum Gasteiger partial charge on any atom is 0.253 e. The molecule has 0 N–H and O–H groups in total. The lowest BCUT2D eigenvalue weighted by Gasteiger charge is -2.36. The Balaban J connectivity index is 1.58. The first kappa shape index (κ1) is 17.3. The van der Waals surface area contributed by atoms with Gasteiger partial charge in [0.15, 0.2) is 0 Å². The van der Waals surface area contributed by atoms with Crippen LogP contribution >= 0.6 is 0 Å². The van der Waals surface area contributed by atoms with Gasteiger partial charge in [-0.15, -0.1) is 0 Å². The molecule has 0 spiro atoms. The Bertz CT molecular complexity index is 687. The van der Waals surface area contributed by atoms with Crippen molar-refractivity contribution < 1.29 is 9.53 Å². The molecule has 0 radical (unpaired) electrons. The molecule has 0 atom stereocenters. The second kappa shape index (κ2) is 8.06. The molecule has 0 saturated carbocycles. The number of ether oxygens (including phenoxy) is 1. The van der Waals surface area contributed by atoms with Crippen molar-refractivity contribution in [1.82, 2.24) is 4.90 Å². The second-order valence-electron chi connectivity index (χ2n) is 6.42. The summed E-state index contributed by atoms with van der Waals surface area (Å²) in [6.45, 7) is 5.38. The van der Waals surface area contributed by atoms with E-state index in [1.807, 2.05) is 29.2 Å². The minimum absolute atomic E-state index is 0.137. The van der Waals surface area contributed by atoms with Crippen LogP contribution in [0.25, 0.3) is 0 Å². The lowest BCUT2D eigenvalue weighted by Crippen LogP contribution is -2.48. The summed E-state index contributed by atoms with van der Waals surface area (Å²) in [6, 6.07) is 16.2. The van der Waals surface area contributed by atoms with Crippen LogP contribution in [0.1, 0.15) is 29.3 Å². The van der Waals surface area contributed by atoms with Gasteiger partial charge in [-0.1, -0.05) is 25.5 Å². The molecular weight excluding hydrogens is 312 g/mol. The van der Waals surface area contributed by atoms with Gasteiger partial charge in [0.25, 0.3) is 5.91 Å². The SMILES string of the molecule is CCCc1ccc(C(=O)N2CCN(c3ccc(OC)cc3)CC2)cc1. The van der Waals surface area contributed by atoms with Gasteiger partial charge in [-0.25, -0.2) is 0 Å². The highest BCUT2D eigenvalue weighted by Gasteiger charge is 2.22. The number of benzene rings is 2. The summed E-state index contributed by atoms with van der Waals surface area (Å²) in [5, 5.41) is 0. The standard InChI is InChI=1S/C21H26N2O2/c1-3-4-17-5-7-18(8-6-17)21(24)23-15-13-22(14-16-23)19-9-11-20(25-2)12-10-19/h5-12H,3-4,13-16H2,1-2H3. The summed E-state index contributed by atoms with van der Waals surface area (Å²) >= 11 is 0. The quantitative estimate of drug-likeness (QED) is 0.835. The van der Waals surface area contributed by atoms with Crippen LogP contribution in [-0.4, -0.2) is 44.1 Å². The average Bonchev–Trinajstić information content (AvgIpc) is 2.68. The first-order valence-corrected chi connectivity index (χ1v) is 8.98. The van der Waals surface area contributed by atoms with Gasteiger partial charge in [0.2, 0.25) is 0 Å². The molecule has 1 amide bonds. The molecule has 1 aliphatic rings. The van der Waals surface area contributed by atoms with Crippen LogP contribution in [0.3, 0.4) is 0 Å². The van der Waals surface area contributed by atoms with E-state index in [-0.39, 0.29) is 5.91 Å². The van der Waals surface area contributed by atoms with Gasteiger partial charge in [0.05, 0.1) is 7.11 Å². The fourth-order valence-corrected chi connectivity index (χ4v) is 3.25. The van der Waals surface area contributed by atoms with Crippen molar-refractivity contribution >= 4 is 11.6 Å². The number of aryl methyl sites for hydroxylation is 1. The number of hydrogen-bond acceptors (Lipinski definition) is 3. The highest BCUT2D eigenvalue weighted by atomic mass is 16.5. The van der Waals surface area contributed by atoms with E-state index in [9.17, 15) is 4.79 Å². The van der Waals surface area contributed by atoms with Crippen molar-refractivity contribution in [2.75, 3.05) is 38.2 Å². The van der Waals surface area contributed by atoms with Crippen LogP contribution in [-0.2, 0) is 6.42 Å². The third-order valence-electron chi connectivity index (χ3n) is 4.74. The molecule has 0 bridgehead atoms. The number of rotatable bonds is 5. The van der Waals surface area contributed by atoms with Crippen molar-refractivity contribution in [2.45, 2.75) is 19.8 Å². The fourth-order valence-electron chi connectivity index (χ4n) is 3.25. The van der Waals surface area contributed by atoms with Gasteiger partial charge in [0.1, 0.15) is 5.75 Å². The predicted octanol–water partition coefficient (Wildman–Crippen LogP) is 3.61. The third-order valence-corrected chi connectivity index (χ3v) is 4.74. The molecule has 0 aromatic heterocycles. The van der Waals surface area contributed by atoms with Crippen molar-refractivity contribution in [3.05, 3.63) is 59.7 Å². The number of methoxy groups -OCH3 is 1. The Kier molecular flexibility index (Phi) is 5.59. The second-order valence-corrected chi connectivity index (χ2v) is 6.42. The van der Waals surface area contributed by atoms with Gasteiger partial charge in [-0.05, 0) is 48.4 Å². The van der Waals surface area contributed by atoms with Crippen molar-refractivity contribution in [3.63, 3.8) is 0 Å². The molecular formula is C21H26N2O2. The van der Waals surface area contributed by atoms with Gasteiger partial charge in [-0.2, -0.15) is 0 Å². The summed E-state index contributed by atoms with van der Waals surface area (Å²) in [7, 11) is 1.67. The Hall–Kier alpha value is -2.49. The lowest BCUT2D eigenvalue weighted by molar-refractivity contribution is 0.0747. The predicted molar refractivity (Wildman–Crippen MR) is 102 cm³/mol. The van der Waals surface area contributed by atoms with E-state index in [2.05, 4.69) is 36.1 Å². The zero-order valence-electron chi connectivity index (χ0n) is 15.1. The Morgan fingerprint density at radius 3 is 2.16 bits per heavy atom. The monoisotopic (exact) mass is 338 g/mol. The third kappa shape index (κ3) is 4.13. The number of hydrogen-bond donors (Lipinski definition) is 0. The maximum atomic E-state index is 12.7. The molecule has 1 saturated heterocycles. The summed E-state index contributed by atoms with van der Waals surface area (Å²) in [6.07, 6.45) is 2.19. The molecule has 4 heteroatoms.